The summed E-state index contributed by atoms with van der Waals surface area (Å²) < 4.78 is 0. The van der Waals surface area contributed by atoms with Crippen molar-refractivity contribution in [2.24, 2.45) is 5.73 Å². The summed E-state index contributed by atoms with van der Waals surface area (Å²) in [4.78, 5) is 8.35. The lowest BCUT2D eigenvalue weighted by Crippen LogP contribution is -2.19. The van der Waals surface area contributed by atoms with Crippen molar-refractivity contribution in [2.75, 3.05) is 11.9 Å². The summed E-state index contributed by atoms with van der Waals surface area (Å²) in [5, 5.41) is 3.24. The molecule has 1 unspecified atom stereocenters. The number of aromatic nitrogens is 2. The highest BCUT2D eigenvalue weighted by Gasteiger charge is 1.98. The van der Waals surface area contributed by atoms with Crippen molar-refractivity contribution >= 4 is 5.82 Å². The molecule has 4 nitrogen and oxygen atoms in total. The van der Waals surface area contributed by atoms with Crippen molar-refractivity contribution in [1.29, 1.82) is 0 Å². The molecule has 1 aromatic rings. The Morgan fingerprint density at radius 1 is 1.47 bits per heavy atom. The van der Waals surface area contributed by atoms with Gasteiger partial charge in [0.25, 0.3) is 0 Å². The van der Waals surface area contributed by atoms with Crippen LogP contribution in [0.25, 0.3) is 0 Å². The van der Waals surface area contributed by atoms with Crippen LogP contribution in [0.3, 0.4) is 0 Å². The van der Waals surface area contributed by atoms with Crippen LogP contribution in [0.5, 0.6) is 0 Å². The van der Waals surface area contributed by atoms with E-state index < -0.39 is 0 Å². The molecule has 0 fully saturated rings. The van der Waals surface area contributed by atoms with Crippen molar-refractivity contribution < 1.29 is 0 Å². The molecular weight excluding hydrogens is 188 g/mol. The first-order chi connectivity index (χ1) is 7.22. The minimum Gasteiger partial charge on any atom is -0.370 e. The van der Waals surface area contributed by atoms with Crippen LogP contribution in [0.1, 0.15) is 32.4 Å². The Morgan fingerprint density at radius 2 is 2.27 bits per heavy atom. The predicted molar refractivity (Wildman–Crippen MR) is 62.8 cm³/mol. The second-order valence-corrected chi connectivity index (χ2v) is 3.84. The third-order valence-electron chi connectivity index (χ3n) is 2.14. The first-order valence-corrected chi connectivity index (χ1v) is 5.52. The first kappa shape index (κ1) is 11.9. The third kappa shape index (κ3) is 4.74. The molecule has 1 aromatic heterocycles. The monoisotopic (exact) mass is 208 g/mol. The van der Waals surface area contributed by atoms with Crippen LogP contribution in [-0.4, -0.2) is 22.6 Å². The second kappa shape index (κ2) is 6.35. The molecule has 0 aliphatic carbocycles. The summed E-state index contributed by atoms with van der Waals surface area (Å²) in [6.07, 6.45) is 4.67. The van der Waals surface area contributed by atoms with E-state index in [-0.39, 0.29) is 6.04 Å². The molecule has 84 valence electrons. The van der Waals surface area contributed by atoms with Crippen LogP contribution >= 0.6 is 0 Å². The van der Waals surface area contributed by atoms with Crippen LogP contribution in [0, 0.1) is 0 Å². The van der Waals surface area contributed by atoms with E-state index in [1.807, 2.05) is 13.0 Å². The van der Waals surface area contributed by atoms with Gasteiger partial charge in [0.05, 0.1) is 0 Å². The molecule has 1 heterocycles. The van der Waals surface area contributed by atoms with E-state index in [2.05, 4.69) is 22.2 Å². The summed E-state index contributed by atoms with van der Waals surface area (Å²) in [5.41, 5.74) is 6.75. The van der Waals surface area contributed by atoms with Crippen LogP contribution < -0.4 is 11.1 Å². The maximum absolute atomic E-state index is 5.66. The van der Waals surface area contributed by atoms with Crippen LogP contribution in [-0.2, 0) is 6.42 Å². The van der Waals surface area contributed by atoms with Gasteiger partial charge >= 0.3 is 0 Å². The van der Waals surface area contributed by atoms with E-state index in [0.717, 1.165) is 37.3 Å². The summed E-state index contributed by atoms with van der Waals surface area (Å²) in [6, 6.07) is 2.24. The zero-order valence-corrected chi connectivity index (χ0v) is 9.53. The van der Waals surface area contributed by atoms with Crippen molar-refractivity contribution in [1.82, 2.24) is 9.97 Å². The minimum atomic E-state index is 0.231. The van der Waals surface area contributed by atoms with Crippen LogP contribution in [0.4, 0.5) is 5.82 Å². The third-order valence-corrected chi connectivity index (χ3v) is 2.14. The molecule has 0 saturated heterocycles. The standard InChI is InChI=1S/C11H20N4/c1-3-4-10-7-11(15-8-14-10)13-6-5-9(2)12/h7-9H,3-6,12H2,1-2H3,(H,13,14,15). The predicted octanol–water partition coefficient (Wildman–Crippen LogP) is 1.58. The molecule has 0 saturated carbocycles. The molecule has 0 aliphatic rings. The minimum absolute atomic E-state index is 0.231. The van der Waals surface area contributed by atoms with Gasteiger partial charge in [-0.1, -0.05) is 13.3 Å². The van der Waals surface area contributed by atoms with E-state index in [4.69, 9.17) is 5.73 Å². The lowest BCUT2D eigenvalue weighted by molar-refractivity contribution is 0.689. The van der Waals surface area contributed by atoms with Gasteiger partial charge in [-0.05, 0) is 19.8 Å². The lowest BCUT2D eigenvalue weighted by atomic mass is 10.2. The van der Waals surface area contributed by atoms with E-state index in [9.17, 15) is 0 Å². The quantitative estimate of drug-likeness (QED) is 0.745. The number of nitrogens with two attached hydrogens (primary N) is 1. The fraction of sp³-hybridized carbons (Fsp3) is 0.636. The summed E-state index contributed by atoms with van der Waals surface area (Å²) in [7, 11) is 0. The number of anilines is 1. The second-order valence-electron chi connectivity index (χ2n) is 3.84. The Labute approximate surface area is 91.3 Å². The Bertz CT molecular complexity index is 286. The largest absolute Gasteiger partial charge is 0.370 e. The summed E-state index contributed by atoms with van der Waals surface area (Å²) in [5.74, 6) is 0.897. The van der Waals surface area contributed by atoms with Gasteiger partial charge in [0.15, 0.2) is 0 Å². The van der Waals surface area contributed by atoms with E-state index in [0.29, 0.717) is 0 Å². The van der Waals surface area contributed by atoms with Gasteiger partial charge in [0.2, 0.25) is 0 Å². The Balaban J connectivity index is 2.43. The SMILES string of the molecule is CCCc1cc(NCCC(C)N)ncn1. The molecule has 0 bridgehead atoms. The Hall–Kier alpha value is -1.16. The molecule has 1 atom stereocenters. The molecular formula is C11H20N4. The topological polar surface area (TPSA) is 63.8 Å². The average Bonchev–Trinajstić information content (AvgIpc) is 2.18. The number of nitrogens with zero attached hydrogens (tertiary/aromatic N) is 2. The first-order valence-electron chi connectivity index (χ1n) is 5.52. The van der Waals surface area contributed by atoms with Gasteiger partial charge in [0.1, 0.15) is 12.1 Å². The van der Waals surface area contributed by atoms with Crippen LogP contribution in [0.2, 0.25) is 0 Å². The average molecular weight is 208 g/mol. The lowest BCUT2D eigenvalue weighted by Gasteiger charge is -2.08. The van der Waals surface area contributed by atoms with Gasteiger partial charge in [-0.3, -0.25) is 0 Å². The molecule has 15 heavy (non-hydrogen) atoms. The molecule has 4 heteroatoms. The van der Waals surface area contributed by atoms with E-state index in [1.54, 1.807) is 6.33 Å². The number of hydrogen-bond acceptors (Lipinski definition) is 4. The van der Waals surface area contributed by atoms with Gasteiger partial charge < -0.3 is 11.1 Å². The molecule has 3 N–H and O–H groups in total. The number of hydrogen-bond donors (Lipinski definition) is 2. The van der Waals surface area contributed by atoms with Gasteiger partial charge in [-0.25, -0.2) is 9.97 Å². The number of rotatable bonds is 6. The summed E-state index contributed by atoms with van der Waals surface area (Å²) in [6.45, 7) is 5.01. The zero-order chi connectivity index (χ0) is 11.1. The van der Waals surface area contributed by atoms with E-state index >= 15 is 0 Å². The zero-order valence-electron chi connectivity index (χ0n) is 9.53. The normalized spacial score (nSPS) is 12.5. The van der Waals surface area contributed by atoms with Crippen molar-refractivity contribution in [3.63, 3.8) is 0 Å². The van der Waals surface area contributed by atoms with Crippen molar-refractivity contribution in [3.8, 4) is 0 Å². The van der Waals surface area contributed by atoms with Crippen molar-refractivity contribution in [3.05, 3.63) is 18.1 Å². The fourth-order valence-electron chi connectivity index (χ4n) is 1.32. The summed E-state index contributed by atoms with van der Waals surface area (Å²) >= 11 is 0. The Morgan fingerprint density at radius 3 is 2.93 bits per heavy atom. The molecule has 0 radical (unpaired) electrons. The highest BCUT2D eigenvalue weighted by molar-refractivity contribution is 5.34. The molecule has 0 aliphatic heterocycles. The van der Waals surface area contributed by atoms with Gasteiger partial charge in [0, 0.05) is 24.3 Å². The molecule has 0 amide bonds. The maximum Gasteiger partial charge on any atom is 0.129 e. The van der Waals surface area contributed by atoms with Crippen molar-refractivity contribution in [2.45, 2.75) is 39.2 Å². The van der Waals surface area contributed by atoms with E-state index in [1.165, 1.54) is 0 Å². The highest BCUT2D eigenvalue weighted by Crippen LogP contribution is 2.05. The maximum atomic E-state index is 5.66. The highest BCUT2D eigenvalue weighted by atomic mass is 15.0. The number of aryl methyl sites for hydroxylation is 1. The van der Waals surface area contributed by atoms with Gasteiger partial charge in [-0.2, -0.15) is 0 Å². The van der Waals surface area contributed by atoms with Crippen LogP contribution in [0.15, 0.2) is 12.4 Å². The number of nitrogens with one attached hydrogen (secondary N) is 1. The Kier molecular flexibility index (Phi) is 5.04. The smallest absolute Gasteiger partial charge is 0.129 e. The molecule has 0 aromatic carbocycles. The molecule has 1 rings (SSSR count). The molecule has 0 spiro atoms. The van der Waals surface area contributed by atoms with Gasteiger partial charge in [-0.15, -0.1) is 0 Å². The fourth-order valence-corrected chi connectivity index (χ4v) is 1.32.